The summed E-state index contributed by atoms with van der Waals surface area (Å²) in [6.45, 7) is 4.72. The number of rotatable bonds is 2. The van der Waals surface area contributed by atoms with Gasteiger partial charge in [0.1, 0.15) is 5.60 Å². The van der Waals surface area contributed by atoms with E-state index in [0.717, 1.165) is 25.7 Å². The van der Waals surface area contributed by atoms with Crippen LogP contribution in [0.4, 0.5) is 4.39 Å². The third kappa shape index (κ3) is 2.06. The van der Waals surface area contributed by atoms with Crippen molar-refractivity contribution in [1.29, 1.82) is 0 Å². The van der Waals surface area contributed by atoms with Crippen molar-refractivity contribution in [2.45, 2.75) is 38.2 Å². The third-order valence-electron chi connectivity index (χ3n) is 2.22. The molecule has 1 saturated carbocycles. The molecular formula is C9H13FO2. The third-order valence-corrected chi connectivity index (χ3v) is 2.22. The van der Waals surface area contributed by atoms with Crippen LogP contribution in [-0.2, 0) is 9.53 Å². The predicted octanol–water partition coefficient (Wildman–Crippen LogP) is 2.35. The molecule has 0 heterocycles. The lowest BCUT2D eigenvalue weighted by Gasteiger charge is -2.23. The molecule has 3 heteroatoms. The summed E-state index contributed by atoms with van der Waals surface area (Å²) in [6, 6.07) is 0. The van der Waals surface area contributed by atoms with Crippen molar-refractivity contribution in [1.82, 2.24) is 0 Å². The molecule has 2 nitrogen and oxygen atoms in total. The second kappa shape index (κ2) is 3.25. The average Bonchev–Trinajstić information content (AvgIpc) is 2.35. The van der Waals surface area contributed by atoms with E-state index >= 15 is 0 Å². The molecule has 0 atom stereocenters. The Morgan fingerprint density at radius 3 is 2.42 bits per heavy atom. The normalized spacial score (nSPS) is 20.5. The first-order valence-electron chi connectivity index (χ1n) is 4.11. The van der Waals surface area contributed by atoms with E-state index in [1.807, 2.05) is 6.92 Å². The molecule has 0 amide bonds. The van der Waals surface area contributed by atoms with Gasteiger partial charge < -0.3 is 4.74 Å². The predicted molar refractivity (Wildman–Crippen MR) is 43.2 cm³/mol. The summed E-state index contributed by atoms with van der Waals surface area (Å²) in [4.78, 5) is 10.8. The van der Waals surface area contributed by atoms with Gasteiger partial charge in [0.15, 0.2) is 0 Å². The van der Waals surface area contributed by atoms with Crippen molar-refractivity contribution in [2.24, 2.45) is 0 Å². The maximum Gasteiger partial charge on any atom is 0.367 e. The largest absolute Gasteiger partial charge is 0.454 e. The molecule has 0 aromatic rings. The molecule has 1 rings (SSSR count). The Hall–Kier alpha value is -0.860. The molecule has 1 fully saturated rings. The van der Waals surface area contributed by atoms with Crippen LogP contribution in [0.15, 0.2) is 12.4 Å². The van der Waals surface area contributed by atoms with Gasteiger partial charge in [0, 0.05) is 0 Å². The monoisotopic (exact) mass is 172 g/mol. The minimum absolute atomic E-state index is 0.452. The molecule has 0 N–H and O–H groups in total. The standard InChI is InChI=1S/C9H13FO2/c1-7(10)8(11)12-9(2)5-3-4-6-9/h1,3-6H2,2H3. The highest BCUT2D eigenvalue weighted by Crippen LogP contribution is 2.33. The van der Waals surface area contributed by atoms with E-state index in [4.69, 9.17) is 4.74 Å². The van der Waals surface area contributed by atoms with E-state index in [1.165, 1.54) is 0 Å². The van der Waals surface area contributed by atoms with E-state index in [2.05, 4.69) is 6.58 Å². The van der Waals surface area contributed by atoms with Gasteiger partial charge in [0.05, 0.1) is 0 Å². The van der Waals surface area contributed by atoms with Crippen molar-refractivity contribution in [3.8, 4) is 0 Å². The van der Waals surface area contributed by atoms with Gasteiger partial charge in [-0.3, -0.25) is 0 Å². The van der Waals surface area contributed by atoms with Crippen LogP contribution in [0.1, 0.15) is 32.6 Å². The molecule has 1 aliphatic carbocycles. The maximum atomic E-state index is 12.2. The highest BCUT2D eigenvalue weighted by molar-refractivity contribution is 5.85. The Morgan fingerprint density at radius 2 is 2.00 bits per heavy atom. The highest BCUT2D eigenvalue weighted by atomic mass is 19.1. The average molecular weight is 172 g/mol. The summed E-state index contributed by atoms with van der Waals surface area (Å²) in [6.07, 6.45) is 3.74. The van der Waals surface area contributed by atoms with Crippen LogP contribution in [0.2, 0.25) is 0 Å². The van der Waals surface area contributed by atoms with Crippen molar-refractivity contribution >= 4 is 5.97 Å². The molecule has 12 heavy (non-hydrogen) atoms. The van der Waals surface area contributed by atoms with E-state index in [1.54, 1.807) is 0 Å². The molecule has 0 spiro atoms. The number of hydrogen-bond donors (Lipinski definition) is 0. The first kappa shape index (κ1) is 9.23. The lowest BCUT2D eigenvalue weighted by Crippen LogP contribution is -2.28. The molecule has 0 unspecified atom stereocenters. The Bertz CT molecular complexity index is 205. The smallest absolute Gasteiger partial charge is 0.367 e. The molecule has 68 valence electrons. The Morgan fingerprint density at radius 1 is 1.50 bits per heavy atom. The van der Waals surface area contributed by atoms with E-state index < -0.39 is 17.4 Å². The minimum Gasteiger partial charge on any atom is -0.454 e. The van der Waals surface area contributed by atoms with Crippen LogP contribution in [0.5, 0.6) is 0 Å². The number of halogens is 1. The zero-order valence-electron chi connectivity index (χ0n) is 7.23. The first-order chi connectivity index (χ1) is 5.53. The molecule has 0 aromatic carbocycles. The van der Waals surface area contributed by atoms with Gasteiger partial charge in [-0.2, -0.15) is 4.39 Å². The maximum absolute atomic E-state index is 12.2. The number of ether oxygens (including phenoxy) is 1. The van der Waals surface area contributed by atoms with Gasteiger partial charge in [-0.1, -0.05) is 6.58 Å². The molecule has 0 aliphatic heterocycles. The number of esters is 1. The highest BCUT2D eigenvalue weighted by Gasteiger charge is 2.33. The lowest BCUT2D eigenvalue weighted by atomic mass is 10.1. The second-order valence-corrected chi connectivity index (χ2v) is 3.45. The zero-order chi connectivity index (χ0) is 9.19. The summed E-state index contributed by atoms with van der Waals surface area (Å²) >= 11 is 0. The van der Waals surface area contributed by atoms with Gasteiger partial charge in [-0.05, 0) is 32.6 Å². The Labute approximate surface area is 71.4 Å². The zero-order valence-corrected chi connectivity index (χ0v) is 7.23. The molecule has 1 aliphatic rings. The van der Waals surface area contributed by atoms with Crippen LogP contribution in [0.3, 0.4) is 0 Å². The van der Waals surface area contributed by atoms with E-state index in [0.29, 0.717) is 0 Å². The topological polar surface area (TPSA) is 26.3 Å². The first-order valence-corrected chi connectivity index (χ1v) is 4.11. The summed E-state index contributed by atoms with van der Waals surface area (Å²) in [5, 5.41) is 0. The van der Waals surface area contributed by atoms with E-state index in [9.17, 15) is 9.18 Å². The number of carbonyl (C=O) groups is 1. The molecule has 0 saturated heterocycles. The van der Waals surface area contributed by atoms with E-state index in [-0.39, 0.29) is 0 Å². The van der Waals surface area contributed by atoms with Crippen LogP contribution < -0.4 is 0 Å². The van der Waals surface area contributed by atoms with Crippen molar-refractivity contribution < 1.29 is 13.9 Å². The fourth-order valence-corrected chi connectivity index (χ4v) is 1.50. The van der Waals surface area contributed by atoms with Crippen molar-refractivity contribution in [3.63, 3.8) is 0 Å². The fourth-order valence-electron chi connectivity index (χ4n) is 1.50. The molecular weight excluding hydrogens is 159 g/mol. The van der Waals surface area contributed by atoms with Gasteiger partial charge in [-0.15, -0.1) is 0 Å². The number of carbonyl (C=O) groups excluding carboxylic acids is 1. The number of hydrogen-bond acceptors (Lipinski definition) is 2. The van der Waals surface area contributed by atoms with Gasteiger partial charge >= 0.3 is 5.97 Å². The fraction of sp³-hybridized carbons (Fsp3) is 0.667. The SMILES string of the molecule is C=C(F)C(=O)OC1(C)CCCC1. The molecule has 0 radical (unpaired) electrons. The summed E-state index contributed by atoms with van der Waals surface area (Å²) < 4.78 is 17.2. The van der Waals surface area contributed by atoms with Crippen LogP contribution in [0, 0.1) is 0 Å². The van der Waals surface area contributed by atoms with Crippen LogP contribution >= 0.6 is 0 Å². The quantitative estimate of drug-likeness (QED) is 0.472. The summed E-state index contributed by atoms with van der Waals surface area (Å²) in [5.74, 6) is -1.93. The summed E-state index contributed by atoms with van der Waals surface area (Å²) in [7, 11) is 0. The van der Waals surface area contributed by atoms with Crippen molar-refractivity contribution in [3.05, 3.63) is 12.4 Å². The van der Waals surface area contributed by atoms with Crippen LogP contribution in [0.25, 0.3) is 0 Å². The van der Waals surface area contributed by atoms with Crippen LogP contribution in [-0.4, -0.2) is 11.6 Å². The lowest BCUT2D eigenvalue weighted by molar-refractivity contribution is -0.154. The summed E-state index contributed by atoms with van der Waals surface area (Å²) in [5.41, 5.74) is -0.452. The van der Waals surface area contributed by atoms with Gasteiger partial charge in [0.25, 0.3) is 0 Å². The molecule has 0 aromatic heterocycles. The second-order valence-electron chi connectivity index (χ2n) is 3.45. The van der Waals surface area contributed by atoms with Gasteiger partial charge in [0.2, 0.25) is 5.83 Å². The Balaban J connectivity index is 2.49. The minimum atomic E-state index is -1.01. The van der Waals surface area contributed by atoms with Crippen molar-refractivity contribution in [2.75, 3.05) is 0 Å². The molecule has 0 bridgehead atoms. The Kier molecular flexibility index (Phi) is 2.50. The van der Waals surface area contributed by atoms with Gasteiger partial charge in [-0.25, -0.2) is 4.79 Å².